The Morgan fingerprint density at radius 3 is 2.47 bits per heavy atom. The van der Waals surface area contributed by atoms with Crippen molar-refractivity contribution in [2.75, 3.05) is 25.6 Å². The Labute approximate surface area is 263 Å². The summed E-state index contributed by atoms with van der Waals surface area (Å²) >= 11 is 0. The maximum absolute atomic E-state index is 13.5. The Morgan fingerprint density at radius 2 is 1.72 bits per heavy atom. The van der Waals surface area contributed by atoms with Crippen LogP contribution in [0.3, 0.4) is 0 Å². The van der Waals surface area contributed by atoms with Gasteiger partial charge in [0, 0.05) is 12.8 Å². The van der Waals surface area contributed by atoms with Crippen LogP contribution in [0, 0.1) is 6.92 Å². The average Bonchev–Trinajstić information content (AvgIpc) is 3.76. The average molecular weight is 700 g/mol. The van der Waals surface area contributed by atoms with Crippen molar-refractivity contribution in [3.63, 3.8) is 0 Å². The Balaban J connectivity index is 1.23. The number of rotatable bonds is 4. The molecule has 7 rings (SSSR count). The molecule has 3 fully saturated rings. The molecule has 0 spiro atoms. The molecule has 0 radical (unpaired) electrons. The van der Waals surface area contributed by atoms with Crippen molar-refractivity contribution >= 4 is 43.7 Å². The van der Waals surface area contributed by atoms with Crippen molar-refractivity contribution in [2.45, 2.75) is 62.9 Å². The molecule has 47 heavy (non-hydrogen) atoms. The zero-order chi connectivity index (χ0) is 33.2. The first kappa shape index (κ1) is 32.4. The van der Waals surface area contributed by atoms with Gasteiger partial charge < -0.3 is 44.4 Å². The minimum atomic E-state index is -5.02. The molecule has 0 aromatic carbocycles. The van der Waals surface area contributed by atoms with Crippen molar-refractivity contribution in [1.29, 1.82) is 0 Å². The fourth-order valence-electron chi connectivity index (χ4n) is 5.91. The maximum atomic E-state index is 13.5. The smallest absolute Gasteiger partial charge is 0.386 e. The molecule has 3 saturated heterocycles. The van der Waals surface area contributed by atoms with Crippen LogP contribution in [0.4, 0.5) is 5.82 Å². The number of H-pyrrole nitrogens is 1. The van der Waals surface area contributed by atoms with Gasteiger partial charge in [0.1, 0.15) is 60.2 Å². The predicted octanol–water partition coefficient (Wildman–Crippen LogP) is 0.0339. The molecule has 254 valence electrons. The molecule has 3 aliphatic heterocycles. The van der Waals surface area contributed by atoms with Gasteiger partial charge in [0.15, 0.2) is 23.6 Å². The SMILES string of the molecule is CCOC1[C@H]2COP(=O)(O)O[C@@H]3C(O)[C@H](n4ccc5c(N)ncnc54)O[C@@H]3COP(=O)(O)O[C@@H]1[C@H](n1cnc3c(=O)[nH]c(C)nc31)O2. The molecule has 4 unspecified atom stereocenters. The second-order valence-electron chi connectivity index (χ2n) is 10.9. The van der Waals surface area contributed by atoms with Crippen LogP contribution in [0.5, 0.6) is 0 Å². The first-order valence-corrected chi connectivity index (χ1v) is 17.3. The second kappa shape index (κ2) is 12.1. The van der Waals surface area contributed by atoms with E-state index in [-0.39, 0.29) is 35.1 Å². The summed E-state index contributed by atoms with van der Waals surface area (Å²) < 4.78 is 69.0. The molecule has 0 saturated carbocycles. The summed E-state index contributed by atoms with van der Waals surface area (Å²) in [5, 5.41) is 11.7. The molecule has 0 amide bonds. The van der Waals surface area contributed by atoms with E-state index in [1.165, 1.54) is 28.0 Å². The van der Waals surface area contributed by atoms with Gasteiger partial charge in [0.25, 0.3) is 5.56 Å². The van der Waals surface area contributed by atoms with E-state index in [0.717, 1.165) is 0 Å². The van der Waals surface area contributed by atoms with Crippen LogP contribution < -0.4 is 11.3 Å². The highest BCUT2D eigenvalue weighted by Crippen LogP contribution is 2.54. The normalized spacial score (nSPS) is 36.6. The zero-order valence-corrected chi connectivity index (χ0v) is 26.4. The van der Waals surface area contributed by atoms with Gasteiger partial charge in [-0.2, -0.15) is 0 Å². The number of imidazole rings is 1. The Morgan fingerprint density at radius 1 is 1.02 bits per heavy atom. The quantitative estimate of drug-likeness (QED) is 0.176. The molecule has 3 aliphatic rings. The number of aryl methyl sites for hydroxylation is 1. The van der Waals surface area contributed by atoms with Gasteiger partial charge >= 0.3 is 15.6 Å². The molecular weight excluding hydrogens is 670 g/mol. The monoisotopic (exact) mass is 700 g/mol. The van der Waals surface area contributed by atoms with E-state index < -0.39 is 83.5 Å². The van der Waals surface area contributed by atoms with E-state index in [2.05, 4.69) is 24.9 Å². The highest BCUT2D eigenvalue weighted by molar-refractivity contribution is 7.47. The number of phosphoric acid groups is 2. The number of nitrogens with one attached hydrogen (secondary N) is 1. The van der Waals surface area contributed by atoms with Crippen LogP contribution in [-0.2, 0) is 41.4 Å². The summed E-state index contributed by atoms with van der Waals surface area (Å²) in [5.74, 6) is 0.421. The number of anilines is 1. The van der Waals surface area contributed by atoms with E-state index in [0.29, 0.717) is 5.39 Å². The van der Waals surface area contributed by atoms with Crippen LogP contribution in [0.15, 0.2) is 29.7 Å². The van der Waals surface area contributed by atoms with Gasteiger partial charge in [0.2, 0.25) is 0 Å². The lowest BCUT2D eigenvalue weighted by Gasteiger charge is -2.26. The predicted molar refractivity (Wildman–Crippen MR) is 155 cm³/mol. The molecule has 23 heteroatoms. The third kappa shape index (κ3) is 5.92. The first-order chi connectivity index (χ1) is 22.4. The summed E-state index contributed by atoms with van der Waals surface area (Å²) in [6, 6.07) is 1.58. The van der Waals surface area contributed by atoms with Crippen molar-refractivity contribution in [1.82, 2.24) is 34.1 Å². The maximum Gasteiger partial charge on any atom is 0.472 e. The van der Waals surface area contributed by atoms with Crippen LogP contribution in [0.2, 0.25) is 0 Å². The second-order valence-corrected chi connectivity index (χ2v) is 13.7. The Hall–Kier alpha value is -3.17. The number of aromatic nitrogens is 7. The zero-order valence-electron chi connectivity index (χ0n) is 24.6. The summed E-state index contributed by atoms with van der Waals surface area (Å²) in [4.78, 5) is 53.3. The van der Waals surface area contributed by atoms with Crippen molar-refractivity contribution < 1.29 is 56.3 Å². The number of phosphoric ester groups is 2. The molecule has 4 aromatic rings. The lowest BCUT2D eigenvalue weighted by Crippen LogP contribution is -2.38. The molecule has 4 aromatic heterocycles. The van der Waals surface area contributed by atoms with Gasteiger partial charge in [-0.15, -0.1) is 0 Å². The van der Waals surface area contributed by atoms with Gasteiger partial charge in [0.05, 0.1) is 24.9 Å². The van der Waals surface area contributed by atoms with Crippen molar-refractivity contribution in [2.24, 2.45) is 0 Å². The molecule has 10 atom stereocenters. The number of nitrogen functional groups attached to an aromatic ring is 1. The number of aliphatic hydroxyl groups excluding tert-OH is 1. The minimum Gasteiger partial charge on any atom is -0.386 e. The summed E-state index contributed by atoms with van der Waals surface area (Å²) in [6.45, 7) is 1.87. The third-order valence-electron chi connectivity index (χ3n) is 7.91. The number of aliphatic hydroxyl groups is 1. The highest BCUT2D eigenvalue weighted by atomic mass is 31.2. The molecule has 0 aliphatic carbocycles. The summed E-state index contributed by atoms with van der Waals surface area (Å²) in [5.41, 5.74) is 5.69. The van der Waals surface area contributed by atoms with Gasteiger partial charge in [-0.1, -0.05) is 0 Å². The lowest BCUT2D eigenvalue weighted by atomic mass is 10.1. The number of hydrogen-bond acceptors (Lipinski definition) is 16. The van der Waals surface area contributed by atoms with Crippen molar-refractivity contribution in [3.05, 3.63) is 41.1 Å². The van der Waals surface area contributed by atoms with Crippen LogP contribution in [-0.4, -0.2) is 105 Å². The van der Waals surface area contributed by atoms with E-state index >= 15 is 0 Å². The lowest BCUT2D eigenvalue weighted by molar-refractivity contribution is -0.0677. The fraction of sp³-hybridized carbons (Fsp3) is 0.542. The van der Waals surface area contributed by atoms with E-state index in [9.17, 15) is 28.8 Å². The molecule has 6 N–H and O–H groups in total. The summed E-state index contributed by atoms with van der Waals surface area (Å²) in [6.07, 6.45) is -7.06. The topological polar surface area (TPSA) is 280 Å². The van der Waals surface area contributed by atoms with Gasteiger partial charge in [-0.05, 0) is 19.9 Å². The molecule has 21 nitrogen and oxygen atoms in total. The van der Waals surface area contributed by atoms with Crippen molar-refractivity contribution in [3.8, 4) is 0 Å². The first-order valence-electron chi connectivity index (χ1n) is 14.3. The molecule has 7 heterocycles. The molecule has 2 bridgehead atoms. The van der Waals surface area contributed by atoms with Gasteiger partial charge in [-0.25, -0.2) is 29.1 Å². The van der Waals surface area contributed by atoms with E-state index in [4.69, 9.17) is 38.0 Å². The number of nitrogens with zero attached hydrogens (tertiary/aromatic N) is 6. The highest BCUT2D eigenvalue weighted by Gasteiger charge is 2.54. The number of nitrogens with two attached hydrogens (primary N) is 1. The molecular formula is C24H30N8O13P2. The number of ether oxygens (including phenoxy) is 3. The Kier molecular flexibility index (Phi) is 8.31. The van der Waals surface area contributed by atoms with E-state index in [1.54, 1.807) is 19.9 Å². The largest absolute Gasteiger partial charge is 0.472 e. The van der Waals surface area contributed by atoms with Crippen LogP contribution >= 0.6 is 15.6 Å². The Bertz CT molecular complexity index is 1970. The number of fused-ring (bicyclic) bond motifs is 5. The minimum absolute atomic E-state index is 0.0427. The third-order valence-corrected chi connectivity index (χ3v) is 9.88. The van der Waals surface area contributed by atoms with Gasteiger partial charge in [-0.3, -0.25) is 27.5 Å². The number of aromatic amines is 1. The van der Waals surface area contributed by atoms with Crippen LogP contribution in [0.1, 0.15) is 25.2 Å². The van der Waals surface area contributed by atoms with Crippen LogP contribution in [0.25, 0.3) is 22.2 Å². The summed E-state index contributed by atoms with van der Waals surface area (Å²) in [7, 11) is -10.0. The standard InChI is InChI=1S/C24H30N8O13P2/c1-3-39-17-13-7-41-46(35,36)44-16-12(42-23(15(16)33)31-5-4-11-19(25)26-8-27-20(11)31)6-40-47(37,38)45-18(17)24(43-13)32-9-28-14-21(32)29-10(2)30-22(14)34/h4-5,8-9,12-13,15-18,23-24,33H,3,6-7H2,1-2H3,(H,35,36)(H,37,38)(H2,25,26,27)(H,29,30,34)/t12-,13-,15?,16+,17?,18+,23-,24-/m1/s1. The number of hydrogen-bond donors (Lipinski definition) is 5. The fourth-order valence-corrected chi connectivity index (χ4v) is 7.80. The van der Waals surface area contributed by atoms with E-state index in [1.807, 2.05) is 0 Å².